The molecule has 26 heavy (non-hydrogen) atoms. The summed E-state index contributed by atoms with van der Waals surface area (Å²) in [4.78, 5) is 33.4. The highest BCUT2D eigenvalue weighted by atomic mass is 16.2. The lowest BCUT2D eigenvalue weighted by Crippen LogP contribution is -2.50. The van der Waals surface area contributed by atoms with Crippen molar-refractivity contribution >= 4 is 17.2 Å². The highest BCUT2D eigenvalue weighted by Gasteiger charge is 2.22. The molecule has 1 aliphatic rings. The average Bonchev–Trinajstić information content (AvgIpc) is 3.17. The third-order valence-corrected chi connectivity index (χ3v) is 4.71. The number of hydrogen-bond donors (Lipinski definition) is 0. The lowest BCUT2D eigenvalue weighted by molar-refractivity contribution is -0.132. The molecule has 8 heteroatoms. The van der Waals surface area contributed by atoms with Gasteiger partial charge in [0.25, 0.3) is 5.56 Å². The number of pyridine rings is 1. The minimum Gasteiger partial charge on any atom is -0.353 e. The summed E-state index contributed by atoms with van der Waals surface area (Å²) < 4.78 is 2.99. The van der Waals surface area contributed by atoms with Gasteiger partial charge in [0.2, 0.25) is 5.91 Å². The van der Waals surface area contributed by atoms with Crippen molar-refractivity contribution < 1.29 is 4.79 Å². The topological polar surface area (TPSA) is 75.7 Å². The van der Waals surface area contributed by atoms with E-state index in [1.807, 2.05) is 25.1 Å². The average molecular weight is 352 g/mol. The molecule has 4 rings (SSSR count). The summed E-state index contributed by atoms with van der Waals surface area (Å²) in [6.07, 6.45) is 3.56. The molecule has 0 bridgehead atoms. The number of aryl methyl sites for hydroxylation is 1. The molecule has 0 N–H and O–H groups in total. The van der Waals surface area contributed by atoms with Crippen LogP contribution in [0, 0.1) is 6.92 Å². The largest absolute Gasteiger partial charge is 0.353 e. The van der Waals surface area contributed by atoms with Gasteiger partial charge in [0, 0.05) is 38.6 Å². The number of carbonyl (C=O) groups excluding carboxylic acids is 1. The molecule has 0 aromatic carbocycles. The number of rotatable bonds is 3. The maximum Gasteiger partial charge on any atom is 0.291 e. The Bertz CT molecular complexity index is 986. The fourth-order valence-corrected chi connectivity index (χ4v) is 3.30. The number of nitrogens with zero attached hydrogens (tertiary/aromatic N) is 6. The summed E-state index contributed by atoms with van der Waals surface area (Å²) in [6.45, 7) is 4.45. The van der Waals surface area contributed by atoms with Crippen LogP contribution in [0.4, 0.5) is 5.82 Å². The van der Waals surface area contributed by atoms with Crippen molar-refractivity contribution in [3.8, 4) is 0 Å². The number of hydrogen-bond acceptors (Lipinski definition) is 5. The molecule has 134 valence electrons. The Morgan fingerprint density at radius 2 is 1.92 bits per heavy atom. The van der Waals surface area contributed by atoms with E-state index in [0.717, 1.165) is 18.9 Å². The fraction of sp³-hybridized carbons (Fsp3) is 0.333. The van der Waals surface area contributed by atoms with E-state index in [9.17, 15) is 9.59 Å². The maximum atomic E-state index is 12.6. The SMILES string of the molecule is Cc1nn(CC(=O)N2CCN(c3ccccn3)CC2)c(=O)c2cccn12. The van der Waals surface area contributed by atoms with Gasteiger partial charge < -0.3 is 9.80 Å². The Kier molecular flexibility index (Phi) is 4.16. The first-order chi connectivity index (χ1) is 12.6. The number of aromatic nitrogens is 4. The van der Waals surface area contributed by atoms with E-state index in [2.05, 4.69) is 15.0 Å². The van der Waals surface area contributed by atoms with E-state index in [-0.39, 0.29) is 18.0 Å². The second-order valence-corrected chi connectivity index (χ2v) is 6.33. The van der Waals surface area contributed by atoms with Gasteiger partial charge in [-0.1, -0.05) is 6.07 Å². The molecule has 1 amide bonds. The summed E-state index contributed by atoms with van der Waals surface area (Å²) in [7, 11) is 0. The lowest BCUT2D eigenvalue weighted by atomic mass is 10.3. The Morgan fingerprint density at radius 3 is 2.65 bits per heavy atom. The lowest BCUT2D eigenvalue weighted by Gasteiger charge is -2.35. The van der Waals surface area contributed by atoms with E-state index in [1.165, 1.54) is 4.68 Å². The van der Waals surface area contributed by atoms with Crippen LogP contribution in [-0.2, 0) is 11.3 Å². The van der Waals surface area contributed by atoms with Crippen LogP contribution in [0.25, 0.3) is 5.52 Å². The third kappa shape index (κ3) is 2.94. The normalized spacial score (nSPS) is 14.8. The fourth-order valence-electron chi connectivity index (χ4n) is 3.30. The predicted molar refractivity (Wildman–Crippen MR) is 97.2 cm³/mol. The van der Waals surface area contributed by atoms with Gasteiger partial charge in [0.15, 0.2) is 0 Å². The zero-order valence-corrected chi connectivity index (χ0v) is 14.6. The van der Waals surface area contributed by atoms with Crippen LogP contribution in [-0.4, -0.2) is 56.2 Å². The van der Waals surface area contributed by atoms with Crippen LogP contribution in [0.15, 0.2) is 47.5 Å². The summed E-state index contributed by atoms with van der Waals surface area (Å²) in [5.41, 5.74) is 0.284. The highest BCUT2D eigenvalue weighted by molar-refractivity contribution is 5.76. The molecule has 3 aromatic heterocycles. The van der Waals surface area contributed by atoms with Crippen LogP contribution in [0.3, 0.4) is 0 Å². The molecule has 0 spiro atoms. The number of piperazine rings is 1. The highest BCUT2D eigenvalue weighted by Crippen LogP contribution is 2.12. The molecule has 0 saturated carbocycles. The van der Waals surface area contributed by atoms with Crippen LogP contribution >= 0.6 is 0 Å². The first kappa shape index (κ1) is 16.3. The minimum absolute atomic E-state index is 0.0368. The molecule has 0 aliphatic carbocycles. The van der Waals surface area contributed by atoms with Gasteiger partial charge in [-0.2, -0.15) is 5.10 Å². The molecule has 8 nitrogen and oxygen atoms in total. The van der Waals surface area contributed by atoms with Gasteiger partial charge in [-0.3, -0.25) is 14.0 Å². The van der Waals surface area contributed by atoms with Crippen molar-refractivity contribution in [3.63, 3.8) is 0 Å². The standard InChI is InChI=1S/C18H20N6O2/c1-14-20-24(18(26)15-5-4-8-23(14)15)13-17(25)22-11-9-21(10-12-22)16-6-2-3-7-19-16/h2-8H,9-13H2,1H3. The number of amides is 1. The monoisotopic (exact) mass is 352 g/mol. The summed E-state index contributed by atoms with van der Waals surface area (Å²) in [5.74, 6) is 1.51. The van der Waals surface area contributed by atoms with Gasteiger partial charge >= 0.3 is 0 Å². The number of fused-ring (bicyclic) bond motifs is 1. The van der Waals surface area contributed by atoms with E-state index >= 15 is 0 Å². The Balaban J connectivity index is 1.45. The molecule has 0 radical (unpaired) electrons. The molecule has 4 heterocycles. The van der Waals surface area contributed by atoms with E-state index < -0.39 is 0 Å². The second kappa shape index (κ2) is 6.62. The Hall–Kier alpha value is -3.16. The van der Waals surface area contributed by atoms with Gasteiger partial charge in [0.05, 0.1) is 0 Å². The Labute approximate surface area is 150 Å². The van der Waals surface area contributed by atoms with Crippen LogP contribution in [0.1, 0.15) is 5.82 Å². The minimum atomic E-state index is -0.249. The second-order valence-electron chi connectivity index (χ2n) is 6.33. The molecule has 1 saturated heterocycles. The maximum absolute atomic E-state index is 12.6. The quantitative estimate of drug-likeness (QED) is 0.688. The zero-order valence-electron chi connectivity index (χ0n) is 14.6. The third-order valence-electron chi connectivity index (χ3n) is 4.71. The van der Waals surface area contributed by atoms with E-state index in [0.29, 0.717) is 24.4 Å². The molecule has 0 unspecified atom stereocenters. The smallest absolute Gasteiger partial charge is 0.291 e. The van der Waals surface area contributed by atoms with Crippen LogP contribution in [0.5, 0.6) is 0 Å². The molecule has 0 atom stereocenters. The van der Waals surface area contributed by atoms with Crippen molar-refractivity contribution in [1.29, 1.82) is 0 Å². The van der Waals surface area contributed by atoms with Crippen molar-refractivity contribution in [3.05, 3.63) is 58.9 Å². The first-order valence-electron chi connectivity index (χ1n) is 8.62. The van der Waals surface area contributed by atoms with Gasteiger partial charge in [-0.15, -0.1) is 0 Å². The zero-order chi connectivity index (χ0) is 18.1. The van der Waals surface area contributed by atoms with E-state index in [1.54, 1.807) is 33.8 Å². The van der Waals surface area contributed by atoms with E-state index in [4.69, 9.17) is 0 Å². The van der Waals surface area contributed by atoms with Crippen molar-refractivity contribution in [2.45, 2.75) is 13.5 Å². The molecule has 1 aliphatic heterocycles. The van der Waals surface area contributed by atoms with Crippen molar-refractivity contribution in [1.82, 2.24) is 24.1 Å². The van der Waals surface area contributed by atoms with Crippen LogP contribution < -0.4 is 10.5 Å². The number of anilines is 1. The summed E-state index contributed by atoms with van der Waals surface area (Å²) >= 11 is 0. The van der Waals surface area contributed by atoms with Crippen LogP contribution in [0.2, 0.25) is 0 Å². The van der Waals surface area contributed by atoms with Gasteiger partial charge in [-0.05, 0) is 31.2 Å². The van der Waals surface area contributed by atoms with Crippen molar-refractivity contribution in [2.75, 3.05) is 31.1 Å². The number of carbonyl (C=O) groups is 1. The summed E-state index contributed by atoms with van der Waals surface area (Å²) in [6, 6.07) is 9.35. The molecule has 3 aromatic rings. The molecular formula is C18H20N6O2. The predicted octanol–water partition coefficient (Wildman–Crippen LogP) is 0.548. The van der Waals surface area contributed by atoms with Gasteiger partial charge in [-0.25, -0.2) is 9.67 Å². The summed E-state index contributed by atoms with van der Waals surface area (Å²) in [5, 5.41) is 4.27. The Morgan fingerprint density at radius 1 is 1.12 bits per heavy atom. The van der Waals surface area contributed by atoms with Gasteiger partial charge in [0.1, 0.15) is 23.7 Å². The first-order valence-corrected chi connectivity index (χ1v) is 8.62. The molecule has 1 fully saturated rings. The van der Waals surface area contributed by atoms with Crippen molar-refractivity contribution in [2.24, 2.45) is 0 Å². The molecular weight excluding hydrogens is 332 g/mol.